The molecule has 0 aliphatic carbocycles. The lowest BCUT2D eigenvalue weighted by atomic mass is 10.2. The minimum Gasteiger partial charge on any atom is -0.256 e. The average molecular weight is 196 g/mol. The lowest BCUT2D eigenvalue weighted by Crippen LogP contribution is -1.93. The number of rotatable bonds is 2. The minimum atomic E-state index is -0.193. The Morgan fingerprint density at radius 1 is 1.46 bits per heavy atom. The molecule has 68 valence electrons. The summed E-state index contributed by atoms with van der Waals surface area (Å²) >= 11 is 1.33. The van der Waals surface area contributed by atoms with Crippen molar-refractivity contribution >= 4 is 21.6 Å². The maximum absolute atomic E-state index is 13.6. The van der Waals surface area contributed by atoms with E-state index in [0.717, 1.165) is 6.42 Å². The van der Waals surface area contributed by atoms with Crippen molar-refractivity contribution in [1.82, 2.24) is 9.97 Å². The Morgan fingerprint density at radius 2 is 2.31 bits per heavy atom. The fraction of sp³-hybridized carbons (Fsp3) is 0.333. The quantitative estimate of drug-likeness (QED) is 0.738. The van der Waals surface area contributed by atoms with Gasteiger partial charge in [0.1, 0.15) is 5.52 Å². The minimum absolute atomic E-state index is 0.193. The van der Waals surface area contributed by atoms with Crippen molar-refractivity contribution in [2.45, 2.75) is 19.8 Å². The summed E-state index contributed by atoms with van der Waals surface area (Å²) in [6, 6.07) is 0. The van der Waals surface area contributed by atoms with Crippen molar-refractivity contribution in [1.29, 1.82) is 0 Å². The molecule has 0 spiro atoms. The monoisotopic (exact) mass is 196 g/mol. The van der Waals surface area contributed by atoms with E-state index in [9.17, 15) is 4.39 Å². The molecule has 0 fully saturated rings. The largest absolute Gasteiger partial charge is 0.256 e. The molecule has 0 N–H and O–H groups in total. The van der Waals surface area contributed by atoms with Crippen LogP contribution in [0.2, 0.25) is 0 Å². The number of aryl methyl sites for hydroxylation is 1. The average Bonchev–Trinajstić information content (AvgIpc) is 2.58. The first-order chi connectivity index (χ1) is 6.33. The molecule has 2 rings (SSSR count). The molecule has 13 heavy (non-hydrogen) atoms. The van der Waals surface area contributed by atoms with Gasteiger partial charge in [0.2, 0.25) is 0 Å². The van der Waals surface area contributed by atoms with Crippen molar-refractivity contribution in [3.8, 4) is 0 Å². The van der Waals surface area contributed by atoms with Crippen LogP contribution in [0.25, 0.3) is 10.2 Å². The number of nitrogens with zero attached hydrogens (tertiary/aromatic N) is 2. The first-order valence-corrected chi connectivity index (χ1v) is 5.07. The zero-order valence-corrected chi connectivity index (χ0v) is 8.07. The van der Waals surface area contributed by atoms with Gasteiger partial charge in [0.25, 0.3) is 0 Å². The molecule has 0 bridgehead atoms. The number of hydrogen-bond donors (Lipinski definition) is 0. The predicted octanol–water partition coefficient (Wildman–Crippen LogP) is 2.78. The Kier molecular flexibility index (Phi) is 2.22. The topological polar surface area (TPSA) is 25.8 Å². The first-order valence-electron chi connectivity index (χ1n) is 4.19. The number of thiazole rings is 1. The van der Waals surface area contributed by atoms with Crippen LogP contribution in [0.4, 0.5) is 4.39 Å². The molecule has 2 nitrogen and oxygen atoms in total. The third kappa shape index (κ3) is 1.42. The maximum atomic E-state index is 13.6. The van der Waals surface area contributed by atoms with Gasteiger partial charge in [0.15, 0.2) is 5.82 Å². The van der Waals surface area contributed by atoms with E-state index in [1.54, 1.807) is 11.7 Å². The summed E-state index contributed by atoms with van der Waals surface area (Å²) < 4.78 is 14.2. The fourth-order valence-electron chi connectivity index (χ4n) is 1.25. The zero-order valence-electron chi connectivity index (χ0n) is 7.25. The van der Waals surface area contributed by atoms with Gasteiger partial charge in [-0.1, -0.05) is 13.3 Å². The van der Waals surface area contributed by atoms with Crippen LogP contribution in [0.1, 0.15) is 19.0 Å². The summed E-state index contributed by atoms with van der Waals surface area (Å²) in [5.74, 6) is -0.193. The second-order valence-electron chi connectivity index (χ2n) is 2.84. The van der Waals surface area contributed by atoms with Crippen LogP contribution in [0.15, 0.2) is 11.7 Å². The lowest BCUT2D eigenvalue weighted by molar-refractivity contribution is 0.610. The third-order valence-electron chi connectivity index (χ3n) is 1.88. The van der Waals surface area contributed by atoms with Crippen molar-refractivity contribution in [2.24, 2.45) is 0 Å². The Balaban J connectivity index is 2.59. The number of halogens is 1. The molecule has 2 aromatic heterocycles. The molecule has 0 amide bonds. The van der Waals surface area contributed by atoms with Gasteiger partial charge in [0.05, 0.1) is 22.1 Å². The van der Waals surface area contributed by atoms with Crippen molar-refractivity contribution in [3.05, 3.63) is 23.2 Å². The highest BCUT2D eigenvalue weighted by Crippen LogP contribution is 2.22. The summed E-state index contributed by atoms with van der Waals surface area (Å²) in [4.78, 5) is 8.03. The van der Waals surface area contributed by atoms with E-state index in [1.165, 1.54) is 11.3 Å². The molecule has 4 heteroatoms. The maximum Gasteiger partial charge on any atom is 0.164 e. The van der Waals surface area contributed by atoms with Crippen LogP contribution < -0.4 is 0 Å². The molecule has 0 aromatic carbocycles. The van der Waals surface area contributed by atoms with Crippen LogP contribution in [0, 0.1) is 5.82 Å². The van der Waals surface area contributed by atoms with Crippen LogP contribution in [-0.2, 0) is 6.42 Å². The van der Waals surface area contributed by atoms with E-state index in [0.29, 0.717) is 22.3 Å². The Labute approximate surface area is 79.5 Å². The van der Waals surface area contributed by atoms with E-state index < -0.39 is 0 Å². The van der Waals surface area contributed by atoms with Gasteiger partial charge in [-0.3, -0.25) is 4.98 Å². The van der Waals surface area contributed by atoms with Gasteiger partial charge in [-0.05, 0) is 6.42 Å². The van der Waals surface area contributed by atoms with Crippen LogP contribution in [0.5, 0.6) is 0 Å². The van der Waals surface area contributed by atoms with Crippen LogP contribution in [0.3, 0.4) is 0 Å². The van der Waals surface area contributed by atoms with Gasteiger partial charge < -0.3 is 0 Å². The second kappa shape index (κ2) is 3.38. The van der Waals surface area contributed by atoms with E-state index in [2.05, 4.69) is 9.97 Å². The summed E-state index contributed by atoms with van der Waals surface area (Å²) in [5, 5.41) is 0. The van der Waals surface area contributed by atoms with Gasteiger partial charge in [-0.2, -0.15) is 0 Å². The molecular weight excluding hydrogens is 187 g/mol. The van der Waals surface area contributed by atoms with Crippen molar-refractivity contribution in [2.75, 3.05) is 0 Å². The molecule has 0 aliphatic rings. The number of aromatic nitrogens is 2. The SMILES string of the molecule is CCCc1ncc2ncsc2c1F. The number of fused-ring (bicyclic) bond motifs is 1. The predicted molar refractivity (Wildman–Crippen MR) is 51.4 cm³/mol. The second-order valence-corrected chi connectivity index (χ2v) is 3.69. The standard InChI is InChI=1S/C9H9FN2S/c1-2-3-6-8(10)9-7(4-11-6)12-5-13-9/h4-5H,2-3H2,1H3. The zero-order chi connectivity index (χ0) is 9.26. The molecule has 0 aliphatic heterocycles. The molecule has 2 aromatic rings. The van der Waals surface area contributed by atoms with Crippen LogP contribution in [-0.4, -0.2) is 9.97 Å². The molecule has 2 heterocycles. The Morgan fingerprint density at radius 3 is 3.08 bits per heavy atom. The first kappa shape index (κ1) is 8.56. The smallest absolute Gasteiger partial charge is 0.164 e. The fourth-order valence-corrected chi connectivity index (χ4v) is 1.97. The number of hydrogen-bond acceptors (Lipinski definition) is 3. The highest BCUT2D eigenvalue weighted by Gasteiger charge is 2.09. The lowest BCUT2D eigenvalue weighted by Gasteiger charge is -1.99. The van der Waals surface area contributed by atoms with E-state index in [-0.39, 0.29) is 5.82 Å². The van der Waals surface area contributed by atoms with E-state index in [4.69, 9.17) is 0 Å². The van der Waals surface area contributed by atoms with Crippen molar-refractivity contribution in [3.63, 3.8) is 0 Å². The van der Waals surface area contributed by atoms with Gasteiger partial charge in [0, 0.05) is 0 Å². The van der Waals surface area contributed by atoms with E-state index in [1.807, 2.05) is 6.92 Å². The van der Waals surface area contributed by atoms with Crippen LogP contribution >= 0.6 is 11.3 Å². The van der Waals surface area contributed by atoms with Gasteiger partial charge in [-0.25, -0.2) is 9.37 Å². The highest BCUT2D eigenvalue weighted by atomic mass is 32.1. The van der Waals surface area contributed by atoms with Gasteiger partial charge in [-0.15, -0.1) is 11.3 Å². The molecular formula is C9H9FN2S. The third-order valence-corrected chi connectivity index (χ3v) is 2.71. The Hall–Kier alpha value is -1.03. The summed E-state index contributed by atoms with van der Waals surface area (Å²) in [7, 11) is 0. The normalized spacial score (nSPS) is 10.9. The van der Waals surface area contributed by atoms with E-state index >= 15 is 0 Å². The number of pyridine rings is 1. The Bertz CT molecular complexity index is 424. The summed E-state index contributed by atoms with van der Waals surface area (Å²) in [6.07, 6.45) is 3.24. The molecule has 0 saturated carbocycles. The summed E-state index contributed by atoms with van der Waals surface area (Å²) in [6.45, 7) is 2.01. The van der Waals surface area contributed by atoms with Gasteiger partial charge >= 0.3 is 0 Å². The highest BCUT2D eigenvalue weighted by molar-refractivity contribution is 7.16. The molecule has 0 radical (unpaired) electrons. The molecule has 0 unspecified atom stereocenters. The summed E-state index contributed by atoms with van der Waals surface area (Å²) in [5.41, 5.74) is 2.85. The molecule has 0 saturated heterocycles. The van der Waals surface area contributed by atoms with Crippen molar-refractivity contribution < 1.29 is 4.39 Å². The molecule has 0 atom stereocenters.